The molecule has 6 aromatic carbocycles. The average molecular weight is 1270 g/mol. The van der Waals surface area contributed by atoms with Gasteiger partial charge in [-0.3, -0.25) is 43.2 Å². The third-order valence-electron chi connectivity index (χ3n) is 18.2. The predicted molar refractivity (Wildman–Crippen MR) is 354 cm³/mol. The van der Waals surface area contributed by atoms with E-state index in [1.165, 1.54) is 9.80 Å². The summed E-state index contributed by atoms with van der Waals surface area (Å²) in [5, 5.41) is 19.5. The van der Waals surface area contributed by atoms with E-state index in [0.29, 0.717) is 60.2 Å². The molecule has 4 aliphatic heterocycles. The molecule has 0 unspecified atom stereocenters. The van der Waals surface area contributed by atoms with Crippen molar-refractivity contribution in [2.45, 2.75) is 139 Å². The van der Waals surface area contributed by atoms with E-state index in [4.69, 9.17) is 10.5 Å². The second-order valence-corrected chi connectivity index (χ2v) is 26.0. The largest absolute Gasteiger partial charge is 0.488 e. The van der Waals surface area contributed by atoms with Crippen LogP contribution in [-0.2, 0) is 76.9 Å². The summed E-state index contributed by atoms with van der Waals surface area (Å²) in [6.07, 6.45) is 5.52. The second kappa shape index (κ2) is 27.3. The van der Waals surface area contributed by atoms with Crippen molar-refractivity contribution in [2.75, 3.05) is 13.1 Å². The molecule has 0 saturated carbocycles. The fourth-order valence-electron chi connectivity index (χ4n) is 13.6. The summed E-state index contributed by atoms with van der Waals surface area (Å²) >= 11 is 0. The number of aromatic nitrogens is 2. The zero-order chi connectivity index (χ0) is 65.8. The fourth-order valence-corrected chi connectivity index (χ4v) is 13.6. The van der Waals surface area contributed by atoms with Crippen molar-refractivity contribution >= 4 is 75.0 Å². The lowest BCUT2D eigenvalue weighted by Gasteiger charge is -2.32. The number of carbonyl (C=O) groups is 9. The van der Waals surface area contributed by atoms with Crippen molar-refractivity contribution in [3.05, 3.63) is 197 Å². The third kappa shape index (κ3) is 14.4. The Morgan fingerprint density at radius 1 is 0.468 bits per heavy atom. The maximum absolute atomic E-state index is 15.1. The van der Waals surface area contributed by atoms with E-state index in [1.807, 2.05) is 142 Å². The number of nitrogens with one attached hydrogen (secondary N) is 8. The predicted octanol–water partition coefficient (Wildman–Crippen LogP) is 5.57. The van der Waals surface area contributed by atoms with Crippen LogP contribution in [0.5, 0.6) is 5.75 Å². The number of H-pyrrole nitrogens is 2. The average Bonchev–Trinajstić information content (AvgIpc) is 1.59. The molecular formula is C73H77N11O10. The molecule has 0 spiro atoms. The van der Waals surface area contributed by atoms with Gasteiger partial charge in [0.25, 0.3) is 0 Å². The first-order chi connectivity index (χ1) is 45.3. The number of hydrogen-bond acceptors (Lipinski definition) is 10. The standard InChI is InChI=1S/C73H77N11O10/c1-73(2,3)94-50-28-26-43(27-29-50)34-55-65(86)78-58(68(89)81-59(35-42-14-5-4-6-15-42)71(92)83-30-12-24-61(83)69(90)79-55)39-49-41-76-63-52(21-11-22-53(49)63)46-18-9-16-44(32-46)37-60-72(93)84-31-13-25-62(84)70(91)80-56(36-45-17-10-19-47(33-45)64(74)85)66(87)77-57(67(88)82-60)38-48-40-75-54-23-8-7-20-51(48)54/h4-11,14-23,26-29,32-33,40-41,55-62,75-76H,12-13,24-25,30-31,34-39H2,1-3H3,(H2,74,85)(H,77,87)(H,78,86)(H,79,90)(H,80,91)(H,81,89)(H,82,88)/t55-,56-,57+,58+,59-,60-,61+,62+/m0/s1. The van der Waals surface area contributed by atoms with Gasteiger partial charge in [0, 0.05) is 91.4 Å². The second-order valence-electron chi connectivity index (χ2n) is 26.0. The van der Waals surface area contributed by atoms with E-state index >= 15 is 9.59 Å². The minimum Gasteiger partial charge on any atom is -0.488 e. The summed E-state index contributed by atoms with van der Waals surface area (Å²) in [5.74, 6) is -4.30. The first kappa shape index (κ1) is 63.6. The van der Waals surface area contributed by atoms with Crippen molar-refractivity contribution < 1.29 is 47.9 Å². The van der Waals surface area contributed by atoms with Gasteiger partial charge in [-0.15, -0.1) is 0 Å². The van der Waals surface area contributed by atoms with Crippen molar-refractivity contribution in [2.24, 2.45) is 5.73 Å². The summed E-state index contributed by atoms with van der Waals surface area (Å²) in [6.45, 7) is 6.37. The molecule has 10 N–H and O–H groups in total. The number of amides is 9. The van der Waals surface area contributed by atoms with Gasteiger partial charge >= 0.3 is 0 Å². The van der Waals surface area contributed by atoms with Crippen LogP contribution in [0.2, 0.25) is 0 Å². The molecule has 0 aliphatic carbocycles. The topological polar surface area (TPSA) is 299 Å². The maximum atomic E-state index is 15.1. The van der Waals surface area contributed by atoms with Crippen LogP contribution in [0.15, 0.2) is 158 Å². The molecule has 8 aromatic rings. The Morgan fingerprint density at radius 3 is 1.53 bits per heavy atom. The Balaban J connectivity index is 0.836. The lowest BCUT2D eigenvalue weighted by atomic mass is 9.95. The normalized spacial score (nSPS) is 22.5. The number of primary amides is 1. The van der Waals surface area contributed by atoms with E-state index in [9.17, 15) is 33.6 Å². The van der Waals surface area contributed by atoms with Gasteiger partial charge < -0.3 is 62.1 Å². The van der Waals surface area contributed by atoms with Crippen molar-refractivity contribution in [1.29, 1.82) is 0 Å². The van der Waals surface area contributed by atoms with E-state index in [2.05, 4.69) is 41.9 Å². The molecule has 484 valence electrons. The molecule has 6 heterocycles. The quantitative estimate of drug-likeness (QED) is 0.0615. The molecule has 4 fully saturated rings. The summed E-state index contributed by atoms with van der Waals surface area (Å²) < 4.78 is 6.05. The van der Waals surface area contributed by atoms with Gasteiger partial charge in [-0.1, -0.05) is 115 Å². The van der Waals surface area contributed by atoms with E-state index in [1.54, 1.807) is 36.7 Å². The summed E-state index contributed by atoms with van der Waals surface area (Å²) in [6, 6.07) is 35.1. The summed E-state index contributed by atoms with van der Waals surface area (Å²) in [7, 11) is 0. The molecule has 21 nitrogen and oxygen atoms in total. The van der Waals surface area contributed by atoms with E-state index < -0.39 is 107 Å². The lowest BCUT2D eigenvalue weighted by molar-refractivity contribution is -0.143. The zero-order valence-corrected chi connectivity index (χ0v) is 52.7. The highest BCUT2D eigenvalue weighted by molar-refractivity contribution is 6.02. The van der Waals surface area contributed by atoms with Gasteiger partial charge in [-0.2, -0.15) is 0 Å². The third-order valence-corrected chi connectivity index (χ3v) is 18.2. The first-order valence-corrected chi connectivity index (χ1v) is 32.2. The number of hydrogen-bond donors (Lipinski definition) is 9. The first-order valence-electron chi connectivity index (χ1n) is 32.2. The number of nitrogens with two attached hydrogens (primary N) is 1. The zero-order valence-electron chi connectivity index (χ0n) is 52.7. The van der Waals surface area contributed by atoms with Crippen LogP contribution < -0.4 is 42.4 Å². The molecule has 4 aliphatic rings. The summed E-state index contributed by atoms with van der Waals surface area (Å²) in [4.78, 5) is 140. The Labute approximate surface area is 543 Å². The number of carbonyl (C=O) groups excluding carboxylic acids is 9. The number of rotatable bonds is 15. The van der Waals surface area contributed by atoms with E-state index in [-0.39, 0.29) is 50.6 Å². The molecule has 0 bridgehead atoms. The van der Waals surface area contributed by atoms with Crippen LogP contribution in [0, 0.1) is 0 Å². The Kier molecular flexibility index (Phi) is 18.5. The molecule has 8 atom stereocenters. The van der Waals surface area contributed by atoms with Gasteiger partial charge in [0.2, 0.25) is 53.2 Å². The Hall–Kier alpha value is -10.6. The Morgan fingerprint density at radius 2 is 0.926 bits per heavy atom. The van der Waals surface area contributed by atoms with Crippen LogP contribution in [-0.4, -0.2) is 140 Å². The molecule has 94 heavy (non-hydrogen) atoms. The number of ether oxygens (including phenoxy) is 1. The van der Waals surface area contributed by atoms with Crippen LogP contribution in [0.3, 0.4) is 0 Å². The number of nitrogens with zero attached hydrogens (tertiary/aromatic N) is 2. The maximum Gasteiger partial charge on any atom is 0.248 e. The Bertz CT molecular complexity index is 4210. The van der Waals surface area contributed by atoms with Gasteiger partial charge in [0.1, 0.15) is 59.7 Å². The smallest absolute Gasteiger partial charge is 0.248 e. The SMILES string of the molecule is CC(C)(C)Oc1ccc(C[C@@H]2NC(=O)[C@H]3CCCN3C(=O)[C@H](Cc3ccccc3)NC(=O)[C@@H](Cc3c[nH]c4c(-c5cccc(C[C@@H]6NC(=O)[C@@H](Cc7c[nH]c8ccccc78)NC(=O)[C@H](Cc7cccc(C(N)=O)c7)NC(=O)[C@H]7CCCN7C6=O)c5)cccc34)NC2=O)cc1. The molecule has 12 rings (SSSR count). The van der Waals surface area contributed by atoms with Gasteiger partial charge in [0.15, 0.2) is 0 Å². The monoisotopic (exact) mass is 1270 g/mol. The molecule has 21 heteroatoms. The highest BCUT2D eigenvalue weighted by Gasteiger charge is 2.43. The highest BCUT2D eigenvalue weighted by atomic mass is 16.5. The number of para-hydroxylation sites is 2. The van der Waals surface area contributed by atoms with Crippen molar-refractivity contribution in [3.8, 4) is 16.9 Å². The van der Waals surface area contributed by atoms with Crippen LogP contribution in [0.25, 0.3) is 32.9 Å². The van der Waals surface area contributed by atoms with Gasteiger partial charge in [0.05, 0.1) is 5.52 Å². The van der Waals surface area contributed by atoms with Crippen LogP contribution in [0.4, 0.5) is 0 Å². The van der Waals surface area contributed by atoms with Crippen molar-refractivity contribution in [3.63, 3.8) is 0 Å². The van der Waals surface area contributed by atoms with Crippen LogP contribution >= 0.6 is 0 Å². The molecule has 9 amide bonds. The minimum atomic E-state index is -1.23. The minimum absolute atomic E-state index is 0.00281. The lowest BCUT2D eigenvalue weighted by Crippen LogP contribution is -2.62. The highest BCUT2D eigenvalue weighted by Crippen LogP contribution is 2.33. The van der Waals surface area contributed by atoms with Gasteiger partial charge in [-0.05, 0) is 116 Å². The molecular weight excluding hydrogens is 1190 g/mol. The molecule has 2 aromatic heterocycles. The number of aromatic amines is 2. The van der Waals surface area contributed by atoms with E-state index in [0.717, 1.165) is 44.1 Å². The molecule has 0 radical (unpaired) electrons. The number of fused-ring (bicyclic) bond motifs is 4. The fraction of sp³-hybridized carbons (Fsp3) is 0.329. The van der Waals surface area contributed by atoms with Gasteiger partial charge in [-0.25, -0.2) is 0 Å². The van der Waals surface area contributed by atoms with Crippen LogP contribution in [0.1, 0.15) is 90.2 Å². The molecule has 4 saturated heterocycles. The summed E-state index contributed by atoms with van der Waals surface area (Å²) in [5.41, 5.74) is 12.6. The van der Waals surface area contributed by atoms with Crippen molar-refractivity contribution in [1.82, 2.24) is 51.7 Å². The number of benzene rings is 6.